The number of hydrogen-bond donors (Lipinski definition) is 2. The number of nitrogens with one attached hydrogen (secondary N) is 1. The zero-order chi connectivity index (χ0) is 32.6. The molecule has 0 aliphatic carbocycles. The van der Waals surface area contributed by atoms with E-state index in [1.165, 1.54) is 38.8 Å². The van der Waals surface area contributed by atoms with Gasteiger partial charge in [-0.25, -0.2) is 4.79 Å². The van der Waals surface area contributed by atoms with Gasteiger partial charge in [0.05, 0.1) is 18.8 Å². The SMILES string of the molecule is C=CCOC(=O)NCc1cccc(-c2cccc(C3OC(CN4CCCC4CN4CCCC4)C(C)C(c4ccc(CO)cc4)O3)c2)c1. The van der Waals surface area contributed by atoms with Crippen molar-refractivity contribution in [1.29, 1.82) is 0 Å². The number of aliphatic hydroxyl groups excluding tert-OH is 1. The fourth-order valence-corrected chi connectivity index (χ4v) is 7.25. The Bertz CT molecular complexity index is 1470. The number of carbonyl (C=O) groups excluding carboxylic acids is 1. The largest absolute Gasteiger partial charge is 0.445 e. The van der Waals surface area contributed by atoms with Crippen molar-refractivity contribution in [2.45, 2.75) is 70.3 Å². The summed E-state index contributed by atoms with van der Waals surface area (Å²) in [6.45, 7) is 12.0. The van der Waals surface area contributed by atoms with E-state index in [1.54, 1.807) is 6.08 Å². The minimum atomic E-state index is -0.525. The molecule has 3 aliphatic heterocycles. The molecule has 3 heterocycles. The molecule has 0 radical (unpaired) electrons. The average molecular weight is 640 g/mol. The van der Waals surface area contributed by atoms with Crippen molar-refractivity contribution < 1.29 is 24.1 Å². The summed E-state index contributed by atoms with van der Waals surface area (Å²) in [5.74, 6) is 0.143. The monoisotopic (exact) mass is 639 g/mol. The van der Waals surface area contributed by atoms with Gasteiger partial charge in [-0.15, -0.1) is 0 Å². The molecule has 3 aromatic carbocycles. The summed E-state index contributed by atoms with van der Waals surface area (Å²) in [5.41, 5.74) is 6.04. The van der Waals surface area contributed by atoms with Crippen LogP contribution in [-0.4, -0.2) is 72.5 Å². The fraction of sp³-hybridized carbons (Fsp3) is 0.462. The van der Waals surface area contributed by atoms with E-state index in [4.69, 9.17) is 14.2 Å². The van der Waals surface area contributed by atoms with Crippen LogP contribution in [0.15, 0.2) is 85.5 Å². The summed E-state index contributed by atoms with van der Waals surface area (Å²) in [5, 5.41) is 12.4. The highest BCUT2D eigenvalue weighted by Crippen LogP contribution is 2.43. The first-order chi connectivity index (χ1) is 23.0. The third-order valence-corrected chi connectivity index (χ3v) is 9.89. The molecule has 0 bridgehead atoms. The number of nitrogens with zero attached hydrogens (tertiary/aromatic N) is 2. The topological polar surface area (TPSA) is 83.5 Å². The summed E-state index contributed by atoms with van der Waals surface area (Å²) in [4.78, 5) is 17.2. The van der Waals surface area contributed by atoms with Crippen LogP contribution in [0.25, 0.3) is 11.1 Å². The van der Waals surface area contributed by atoms with Crippen LogP contribution in [0.1, 0.15) is 67.3 Å². The molecular weight excluding hydrogens is 590 g/mol. The maximum absolute atomic E-state index is 11.9. The second kappa shape index (κ2) is 16.0. The lowest BCUT2D eigenvalue weighted by Crippen LogP contribution is -2.48. The second-order valence-corrected chi connectivity index (χ2v) is 13.2. The first-order valence-corrected chi connectivity index (χ1v) is 17.2. The van der Waals surface area contributed by atoms with Gasteiger partial charge in [0.2, 0.25) is 0 Å². The van der Waals surface area contributed by atoms with Gasteiger partial charge < -0.3 is 29.5 Å². The molecule has 0 aromatic heterocycles. The zero-order valence-electron chi connectivity index (χ0n) is 27.6. The number of ether oxygens (including phenoxy) is 3. The smallest absolute Gasteiger partial charge is 0.407 e. The van der Waals surface area contributed by atoms with Crippen LogP contribution in [0.4, 0.5) is 4.79 Å². The molecule has 8 nitrogen and oxygen atoms in total. The highest BCUT2D eigenvalue weighted by atomic mass is 16.7. The molecule has 3 saturated heterocycles. The van der Waals surface area contributed by atoms with E-state index in [0.29, 0.717) is 12.6 Å². The Morgan fingerprint density at radius 1 is 0.936 bits per heavy atom. The van der Waals surface area contributed by atoms with Gasteiger partial charge in [-0.05, 0) is 85.3 Å². The first kappa shape index (κ1) is 33.4. The van der Waals surface area contributed by atoms with Crippen molar-refractivity contribution in [3.63, 3.8) is 0 Å². The highest BCUT2D eigenvalue weighted by Gasteiger charge is 2.41. The van der Waals surface area contributed by atoms with Crippen LogP contribution in [-0.2, 0) is 27.4 Å². The molecule has 3 aliphatic rings. The fourth-order valence-electron chi connectivity index (χ4n) is 7.25. The minimum Gasteiger partial charge on any atom is -0.445 e. The molecule has 5 atom stereocenters. The standard InChI is InChI=1S/C39H49N3O5/c1-3-21-45-39(44)40-24-30-9-6-10-32(22-30)33-11-7-12-34(23-33)38-46-36(26-42-20-8-13-35(42)25-41-18-4-5-19-41)28(2)37(47-38)31-16-14-29(27-43)15-17-31/h3,6-7,9-12,14-17,22-23,28,35-38,43H,1,4-5,8,13,18-21,24-27H2,2H3,(H,40,44). The summed E-state index contributed by atoms with van der Waals surface area (Å²) in [7, 11) is 0. The lowest BCUT2D eigenvalue weighted by molar-refractivity contribution is -0.276. The number of carbonyl (C=O) groups is 1. The molecule has 5 unspecified atom stereocenters. The van der Waals surface area contributed by atoms with Gasteiger partial charge in [-0.2, -0.15) is 0 Å². The predicted molar refractivity (Wildman–Crippen MR) is 184 cm³/mol. The number of aliphatic hydroxyl groups is 1. The van der Waals surface area contributed by atoms with Crippen LogP contribution < -0.4 is 5.32 Å². The van der Waals surface area contributed by atoms with Gasteiger partial charge in [0, 0.05) is 37.2 Å². The first-order valence-electron chi connectivity index (χ1n) is 17.2. The maximum atomic E-state index is 11.9. The zero-order valence-corrected chi connectivity index (χ0v) is 27.6. The normalized spacial score (nSPS) is 25.1. The van der Waals surface area contributed by atoms with Crippen molar-refractivity contribution in [3.8, 4) is 11.1 Å². The van der Waals surface area contributed by atoms with Gasteiger partial charge in [-0.3, -0.25) is 4.90 Å². The van der Waals surface area contributed by atoms with Gasteiger partial charge in [0.1, 0.15) is 6.61 Å². The molecule has 3 aromatic rings. The van der Waals surface area contributed by atoms with Crippen LogP contribution in [0, 0.1) is 5.92 Å². The Labute approximate surface area is 279 Å². The summed E-state index contributed by atoms with van der Waals surface area (Å²) in [6.07, 6.45) is 5.51. The lowest BCUT2D eigenvalue weighted by Gasteiger charge is -2.43. The van der Waals surface area contributed by atoms with Crippen molar-refractivity contribution in [3.05, 3.63) is 108 Å². The summed E-state index contributed by atoms with van der Waals surface area (Å²) < 4.78 is 18.7. The van der Waals surface area contributed by atoms with Gasteiger partial charge in [0.15, 0.2) is 6.29 Å². The number of hydrogen-bond acceptors (Lipinski definition) is 7. The molecule has 0 spiro atoms. The summed E-state index contributed by atoms with van der Waals surface area (Å²) >= 11 is 0. The van der Waals surface area contributed by atoms with E-state index >= 15 is 0 Å². The second-order valence-electron chi connectivity index (χ2n) is 13.2. The van der Waals surface area contributed by atoms with E-state index in [1.807, 2.05) is 24.3 Å². The molecule has 6 rings (SSSR count). The number of likely N-dealkylation sites (tertiary alicyclic amines) is 2. The quantitative estimate of drug-likeness (QED) is 0.216. The van der Waals surface area contributed by atoms with E-state index < -0.39 is 12.4 Å². The molecular formula is C39H49N3O5. The van der Waals surface area contributed by atoms with Crippen LogP contribution >= 0.6 is 0 Å². The summed E-state index contributed by atoms with van der Waals surface area (Å²) in [6, 6.07) is 25.2. The molecule has 47 heavy (non-hydrogen) atoms. The maximum Gasteiger partial charge on any atom is 0.407 e. The lowest BCUT2D eigenvalue weighted by atomic mass is 9.89. The Morgan fingerprint density at radius 3 is 2.47 bits per heavy atom. The molecule has 3 fully saturated rings. The number of rotatable bonds is 12. The number of alkyl carbamates (subject to hydrolysis) is 1. The molecule has 8 heteroatoms. The number of amides is 1. The van der Waals surface area contributed by atoms with E-state index in [9.17, 15) is 9.90 Å². The molecule has 2 N–H and O–H groups in total. The van der Waals surface area contributed by atoms with Gasteiger partial charge >= 0.3 is 6.09 Å². The van der Waals surface area contributed by atoms with Gasteiger partial charge in [0.25, 0.3) is 0 Å². The Morgan fingerprint density at radius 2 is 1.70 bits per heavy atom. The van der Waals surface area contributed by atoms with Crippen molar-refractivity contribution >= 4 is 6.09 Å². The van der Waals surface area contributed by atoms with Crippen LogP contribution in [0.5, 0.6) is 0 Å². The Kier molecular flexibility index (Phi) is 11.4. The molecule has 1 amide bonds. The third-order valence-electron chi connectivity index (χ3n) is 9.89. The minimum absolute atomic E-state index is 0.00523. The Hall–Kier alpha value is -3.53. The van der Waals surface area contributed by atoms with E-state index in [-0.39, 0.29) is 31.3 Å². The van der Waals surface area contributed by atoms with Crippen molar-refractivity contribution in [2.75, 3.05) is 39.3 Å². The molecule has 250 valence electrons. The van der Waals surface area contributed by atoms with Crippen LogP contribution in [0.2, 0.25) is 0 Å². The van der Waals surface area contributed by atoms with Crippen LogP contribution in [0.3, 0.4) is 0 Å². The van der Waals surface area contributed by atoms with Gasteiger partial charge in [-0.1, -0.05) is 80.2 Å². The number of benzene rings is 3. The Balaban J connectivity index is 1.22. The van der Waals surface area contributed by atoms with E-state index in [0.717, 1.165) is 53.0 Å². The third kappa shape index (κ3) is 8.50. The average Bonchev–Trinajstić information content (AvgIpc) is 3.80. The van der Waals surface area contributed by atoms with Crippen molar-refractivity contribution in [1.82, 2.24) is 15.1 Å². The van der Waals surface area contributed by atoms with E-state index in [2.05, 4.69) is 77.2 Å². The highest BCUT2D eigenvalue weighted by molar-refractivity contribution is 5.68. The predicted octanol–water partition coefficient (Wildman–Crippen LogP) is 6.61. The van der Waals surface area contributed by atoms with Crippen molar-refractivity contribution in [2.24, 2.45) is 5.92 Å². The molecule has 0 saturated carbocycles.